The van der Waals surface area contributed by atoms with Crippen LogP contribution in [0.25, 0.3) is 0 Å². The van der Waals surface area contributed by atoms with E-state index < -0.39 is 23.6 Å². The molecule has 1 aromatic heterocycles. The van der Waals surface area contributed by atoms with Gasteiger partial charge in [-0.2, -0.15) is 13.2 Å². The van der Waals surface area contributed by atoms with E-state index in [1.54, 1.807) is 17.5 Å². The summed E-state index contributed by atoms with van der Waals surface area (Å²) in [6, 6.07) is 6.02. The van der Waals surface area contributed by atoms with Crippen LogP contribution in [0.3, 0.4) is 0 Å². The summed E-state index contributed by atoms with van der Waals surface area (Å²) in [5.74, 6) is -0.809. The van der Waals surface area contributed by atoms with Crippen molar-refractivity contribution < 1.29 is 17.6 Å². The zero-order valence-electron chi connectivity index (χ0n) is 12.2. The van der Waals surface area contributed by atoms with E-state index in [9.17, 15) is 17.6 Å². The lowest BCUT2D eigenvalue weighted by molar-refractivity contribution is -0.138. The molecule has 1 N–H and O–H groups in total. The summed E-state index contributed by atoms with van der Waals surface area (Å²) >= 11 is 1.35. The number of nitrogens with one attached hydrogen (secondary N) is 1. The zero-order chi connectivity index (χ0) is 16.4. The number of thiophene rings is 1. The van der Waals surface area contributed by atoms with E-state index in [0.717, 1.165) is 23.1 Å². The van der Waals surface area contributed by atoms with Gasteiger partial charge in [0.15, 0.2) is 0 Å². The van der Waals surface area contributed by atoms with Crippen LogP contribution in [0.2, 0.25) is 0 Å². The largest absolute Gasteiger partial charge is 0.416 e. The van der Waals surface area contributed by atoms with Gasteiger partial charge in [0.05, 0.1) is 11.6 Å². The molecule has 0 aliphatic carbocycles. The highest BCUT2D eigenvalue weighted by Gasteiger charge is 2.39. The van der Waals surface area contributed by atoms with Crippen molar-refractivity contribution in [3.63, 3.8) is 0 Å². The number of piperazine rings is 1. The lowest BCUT2D eigenvalue weighted by Crippen LogP contribution is -2.45. The third kappa shape index (κ3) is 3.41. The molecule has 2 aromatic rings. The fourth-order valence-electron chi connectivity index (χ4n) is 2.95. The molecule has 0 radical (unpaired) electrons. The van der Waals surface area contributed by atoms with Gasteiger partial charge in [-0.05, 0) is 23.6 Å². The predicted molar refractivity (Wildman–Crippen MR) is 82.0 cm³/mol. The molecule has 1 fully saturated rings. The maximum Gasteiger partial charge on any atom is 0.416 e. The Balaban J connectivity index is 2.14. The van der Waals surface area contributed by atoms with Crippen LogP contribution in [0.1, 0.15) is 22.0 Å². The molecule has 1 saturated heterocycles. The van der Waals surface area contributed by atoms with Crippen LogP contribution in [0.4, 0.5) is 17.6 Å². The summed E-state index contributed by atoms with van der Waals surface area (Å²) in [5, 5.41) is 4.98. The number of hydrogen-bond donors (Lipinski definition) is 1. The highest BCUT2D eigenvalue weighted by atomic mass is 32.1. The van der Waals surface area contributed by atoms with Gasteiger partial charge >= 0.3 is 6.18 Å². The minimum absolute atomic E-state index is 0.274. The molecular formula is C16H16F4N2S. The van der Waals surface area contributed by atoms with E-state index in [2.05, 4.69) is 5.32 Å². The molecule has 124 valence electrons. The van der Waals surface area contributed by atoms with Crippen LogP contribution in [0.15, 0.2) is 35.7 Å². The molecule has 3 rings (SSSR count). The standard InChI is InChI=1S/C16H16F4N2S/c17-12-4-1-3-11(16(18,19)20)14(12)15(13-5-2-10-23-13)22-8-6-21-7-9-22/h1-5,10,15,21H,6-9H2/t15-/m1/s1. The Kier molecular flexibility index (Phi) is 4.70. The van der Waals surface area contributed by atoms with Gasteiger partial charge in [-0.3, -0.25) is 4.90 Å². The molecule has 0 bridgehead atoms. The molecule has 2 heterocycles. The first-order valence-corrected chi connectivity index (χ1v) is 8.20. The topological polar surface area (TPSA) is 15.3 Å². The van der Waals surface area contributed by atoms with E-state index >= 15 is 0 Å². The molecule has 23 heavy (non-hydrogen) atoms. The smallest absolute Gasteiger partial charge is 0.314 e. The highest BCUT2D eigenvalue weighted by molar-refractivity contribution is 7.10. The van der Waals surface area contributed by atoms with Crippen molar-refractivity contribution in [3.05, 3.63) is 57.5 Å². The molecule has 1 atom stereocenters. The Hall–Kier alpha value is -1.44. The molecule has 7 heteroatoms. The Labute approximate surface area is 135 Å². The summed E-state index contributed by atoms with van der Waals surface area (Å²) < 4.78 is 54.7. The van der Waals surface area contributed by atoms with Gasteiger partial charge < -0.3 is 5.32 Å². The number of benzene rings is 1. The maximum atomic E-state index is 14.4. The van der Waals surface area contributed by atoms with Gasteiger partial charge in [0.25, 0.3) is 0 Å². The van der Waals surface area contributed by atoms with Crippen molar-refractivity contribution in [2.75, 3.05) is 26.2 Å². The third-order valence-corrected chi connectivity index (χ3v) is 4.89. The zero-order valence-corrected chi connectivity index (χ0v) is 13.1. The second kappa shape index (κ2) is 6.59. The fourth-order valence-corrected chi connectivity index (χ4v) is 3.82. The van der Waals surface area contributed by atoms with Crippen LogP contribution >= 0.6 is 11.3 Å². The Morgan fingerprint density at radius 1 is 1.09 bits per heavy atom. The summed E-state index contributed by atoms with van der Waals surface area (Å²) in [4.78, 5) is 2.64. The Morgan fingerprint density at radius 2 is 1.83 bits per heavy atom. The van der Waals surface area contributed by atoms with Gasteiger partial charge in [0, 0.05) is 36.6 Å². The van der Waals surface area contributed by atoms with E-state index in [0.29, 0.717) is 26.2 Å². The Morgan fingerprint density at radius 3 is 2.43 bits per heavy atom. The van der Waals surface area contributed by atoms with Gasteiger partial charge in [-0.25, -0.2) is 4.39 Å². The summed E-state index contributed by atoms with van der Waals surface area (Å²) in [7, 11) is 0. The van der Waals surface area contributed by atoms with Gasteiger partial charge in [0.2, 0.25) is 0 Å². The number of alkyl halides is 3. The van der Waals surface area contributed by atoms with Gasteiger partial charge in [-0.1, -0.05) is 12.1 Å². The number of nitrogens with zero attached hydrogens (tertiary/aromatic N) is 1. The molecule has 1 aliphatic rings. The van der Waals surface area contributed by atoms with Crippen molar-refractivity contribution in [3.8, 4) is 0 Å². The molecule has 2 nitrogen and oxygen atoms in total. The molecule has 1 aromatic carbocycles. The molecule has 0 unspecified atom stereocenters. The number of halogens is 4. The predicted octanol–water partition coefficient (Wildman–Crippen LogP) is 3.90. The van der Waals surface area contributed by atoms with Gasteiger partial charge in [-0.15, -0.1) is 11.3 Å². The third-order valence-electron chi connectivity index (χ3n) is 3.96. The van der Waals surface area contributed by atoms with Crippen molar-refractivity contribution in [1.82, 2.24) is 10.2 Å². The highest BCUT2D eigenvalue weighted by Crippen LogP contribution is 2.41. The van der Waals surface area contributed by atoms with E-state index in [1.165, 1.54) is 11.3 Å². The average Bonchev–Trinajstić information content (AvgIpc) is 3.03. The van der Waals surface area contributed by atoms with Crippen molar-refractivity contribution in [2.24, 2.45) is 0 Å². The molecule has 1 aliphatic heterocycles. The van der Waals surface area contributed by atoms with Crippen LogP contribution in [-0.4, -0.2) is 31.1 Å². The first-order chi connectivity index (χ1) is 11.0. The lowest BCUT2D eigenvalue weighted by Gasteiger charge is -2.36. The Bertz CT molecular complexity index is 649. The van der Waals surface area contributed by atoms with E-state index in [-0.39, 0.29) is 5.56 Å². The molecule has 0 saturated carbocycles. The molecule has 0 spiro atoms. The van der Waals surface area contributed by atoms with Crippen molar-refractivity contribution in [1.29, 1.82) is 0 Å². The van der Waals surface area contributed by atoms with Crippen molar-refractivity contribution >= 4 is 11.3 Å². The normalized spacial score (nSPS) is 18.1. The van der Waals surface area contributed by atoms with Crippen molar-refractivity contribution in [2.45, 2.75) is 12.2 Å². The number of rotatable bonds is 3. The van der Waals surface area contributed by atoms with Gasteiger partial charge in [0.1, 0.15) is 5.82 Å². The summed E-state index contributed by atoms with van der Waals surface area (Å²) in [6.07, 6.45) is -4.58. The van der Waals surface area contributed by atoms with Crippen LogP contribution in [0, 0.1) is 5.82 Å². The first kappa shape index (κ1) is 16.4. The molecular weight excluding hydrogens is 328 g/mol. The minimum atomic E-state index is -4.58. The number of hydrogen-bond acceptors (Lipinski definition) is 3. The maximum absolute atomic E-state index is 14.4. The first-order valence-electron chi connectivity index (χ1n) is 7.32. The summed E-state index contributed by atoms with van der Waals surface area (Å²) in [6.45, 7) is 2.51. The van der Waals surface area contributed by atoms with Crippen LogP contribution in [0.5, 0.6) is 0 Å². The van der Waals surface area contributed by atoms with E-state index in [4.69, 9.17) is 0 Å². The summed E-state index contributed by atoms with van der Waals surface area (Å²) in [5.41, 5.74) is -1.17. The quantitative estimate of drug-likeness (QED) is 0.850. The minimum Gasteiger partial charge on any atom is -0.314 e. The molecule has 0 amide bonds. The SMILES string of the molecule is Fc1cccc(C(F)(F)F)c1[C@@H](c1cccs1)N1CCNCC1. The lowest BCUT2D eigenvalue weighted by atomic mass is 9.96. The average molecular weight is 344 g/mol. The second-order valence-electron chi connectivity index (χ2n) is 5.40. The van der Waals surface area contributed by atoms with Crippen LogP contribution < -0.4 is 5.32 Å². The van der Waals surface area contributed by atoms with E-state index in [1.807, 2.05) is 4.90 Å². The second-order valence-corrected chi connectivity index (χ2v) is 6.38. The monoisotopic (exact) mass is 344 g/mol. The van der Waals surface area contributed by atoms with Crippen LogP contribution in [-0.2, 0) is 6.18 Å². The fraction of sp³-hybridized carbons (Fsp3) is 0.375.